The Bertz CT molecular complexity index is 1080. The molecule has 0 aliphatic heterocycles. The normalized spacial score (nSPS) is 17.1. The maximum Gasteiger partial charge on any atom is 0.157 e. The standard InChI is InChI=1S/C27H31NO3/c1-8-16(3)25(20(7)29)27(22-10-9-21(13-23(22)30)18(5)14-28)26-19(6)17(4)11-15(2)12-24(26)31/h8-14,18,27-28,30-31H,1-2H2,3-7H3/b25-16-,28-14?. The van der Waals surface area contributed by atoms with Crippen LogP contribution in [-0.4, -0.2) is 22.2 Å². The van der Waals surface area contributed by atoms with Crippen molar-refractivity contribution in [3.05, 3.63) is 99.9 Å². The van der Waals surface area contributed by atoms with Gasteiger partial charge in [-0.2, -0.15) is 0 Å². The monoisotopic (exact) mass is 417 g/mol. The van der Waals surface area contributed by atoms with Crippen LogP contribution >= 0.6 is 0 Å². The van der Waals surface area contributed by atoms with Crippen molar-refractivity contribution in [2.75, 3.05) is 0 Å². The van der Waals surface area contributed by atoms with Crippen molar-refractivity contribution in [2.24, 2.45) is 0 Å². The lowest BCUT2D eigenvalue weighted by Crippen LogP contribution is -2.17. The van der Waals surface area contributed by atoms with Gasteiger partial charge in [-0.3, -0.25) is 4.79 Å². The van der Waals surface area contributed by atoms with Gasteiger partial charge >= 0.3 is 0 Å². The fourth-order valence-electron chi connectivity index (χ4n) is 3.91. The molecule has 2 atom stereocenters. The molecular formula is C27H31NO3. The van der Waals surface area contributed by atoms with Crippen LogP contribution in [-0.2, 0) is 4.79 Å². The minimum atomic E-state index is -0.703. The molecule has 3 N–H and O–H groups in total. The summed E-state index contributed by atoms with van der Waals surface area (Å²) in [5.41, 5.74) is 5.33. The fourth-order valence-corrected chi connectivity index (χ4v) is 3.91. The first-order chi connectivity index (χ1) is 14.5. The highest BCUT2D eigenvalue weighted by Crippen LogP contribution is 2.45. The molecule has 1 aliphatic carbocycles. The van der Waals surface area contributed by atoms with Crippen LogP contribution in [0.15, 0.2) is 88.8 Å². The Labute approximate surface area is 184 Å². The van der Waals surface area contributed by atoms with Gasteiger partial charge < -0.3 is 15.6 Å². The molecule has 1 aliphatic rings. The van der Waals surface area contributed by atoms with E-state index in [-0.39, 0.29) is 23.2 Å². The number of Topliss-reactive ketones (excluding diaryl/α,β-unsaturated/α-hetero) is 1. The highest BCUT2D eigenvalue weighted by Gasteiger charge is 2.32. The number of carbonyl (C=O) groups excluding carboxylic acids is 1. The molecule has 0 spiro atoms. The maximum atomic E-state index is 12.8. The summed E-state index contributed by atoms with van der Waals surface area (Å²) in [5.74, 6) is -1.02. The summed E-state index contributed by atoms with van der Waals surface area (Å²) in [6.45, 7) is 16.7. The molecule has 0 heterocycles. The van der Waals surface area contributed by atoms with E-state index in [4.69, 9.17) is 5.41 Å². The van der Waals surface area contributed by atoms with Gasteiger partial charge in [0.1, 0.15) is 11.5 Å². The number of hydrogen-bond donors (Lipinski definition) is 3. The molecule has 31 heavy (non-hydrogen) atoms. The third-order valence-corrected chi connectivity index (χ3v) is 5.82. The molecule has 1 aromatic rings. The number of phenols is 1. The minimum absolute atomic E-state index is 0.00428. The van der Waals surface area contributed by atoms with E-state index in [1.165, 1.54) is 13.1 Å². The number of rotatable bonds is 7. The van der Waals surface area contributed by atoms with Crippen molar-refractivity contribution in [2.45, 2.75) is 46.5 Å². The Morgan fingerprint density at radius 3 is 2.32 bits per heavy atom. The van der Waals surface area contributed by atoms with Crippen LogP contribution in [0.5, 0.6) is 5.75 Å². The lowest BCUT2D eigenvalue weighted by molar-refractivity contribution is -0.113. The van der Waals surface area contributed by atoms with Gasteiger partial charge in [0.05, 0.1) is 0 Å². The Morgan fingerprint density at radius 2 is 1.81 bits per heavy atom. The summed E-state index contributed by atoms with van der Waals surface area (Å²) in [4.78, 5) is 12.8. The highest BCUT2D eigenvalue weighted by molar-refractivity contribution is 5.97. The molecule has 4 heteroatoms. The number of aromatic hydroxyl groups is 1. The van der Waals surface area contributed by atoms with Crippen molar-refractivity contribution in [1.82, 2.24) is 0 Å². The number of phenolic OH excluding ortho intramolecular Hbond substituents is 1. The van der Waals surface area contributed by atoms with Gasteiger partial charge in [-0.25, -0.2) is 0 Å². The van der Waals surface area contributed by atoms with Crippen LogP contribution in [0.25, 0.3) is 0 Å². The molecule has 162 valence electrons. The van der Waals surface area contributed by atoms with Crippen LogP contribution in [0.4, 0.5) is 0 Å². The van der Waals surface area contributed by atoms with E-state index in [1.807, 2.05) is 32.9 Å². The number of ketones is 1. The van der Waals surface area contributed by atoms with Gasteiger partial charge in [0.15, 0.2) is 5.78 Å². The molecule has 0 fully saturated rings. The molecule has 0 radical (unpaired) electrons. The number of carbonyl (C=O) groups is 1. The van der Waals surface area contributed by atoms with Crippen LogP contribution in [0, 0.1) is 5.41 Å². The lowest BCUT2D eigenvalue weighted by Gasteiger charge is -2.27. The van der Waals surface area contributed by atoms with E-state index in [0.29, 0.717) is 27.9 Å². The smallest absolute Gasteiger partial charge is 0.157 e. The van der Waals surface area contributed by atoms with Crippen molar-refractivity contribution < 1.29 is 15.0 Å². The molecule has 0 saturated carbocycles. The maximum absolute atomic E-state index is 12.8. The third kappa shape index (κ3) is 4.85. The van der Waals surface area contributed by atoms with E-state index in [2.05, 4.69) is 13.2 Å². The minimum Gasteiger partial charge on any atom is -0.508 e. The predicted octanol–water partition coefficient (Wildman–Crippen LogP) is 6.59. The van der Waals surface area contributed by atoms with Crippen LogP contribution < -0.4 is 0 Å². The van der Waals surface area contributed by atoms with Crippen molar-refractivity contribution >= 4 is 12.0 Å². The van der Waals surface area contributed by atoms with Gasteiger partial charge in [0, 0.05) is 34.8 Å². The Hall–Kier alpha value is -3.40. The first kappa shape index (κ1) is 23.9. The summed E-state index contributed by atoms with van der Waals surface area (Å²) < 4.78 is 0. The molecular weight excluding hydrogens is 386 g/mol. The van der Waals surface area contributed by atoms with Gasteiger partial charge in [0.2, 0.25) is 0 Å². The average Bonchev–Trinajstić information content (AvgIpc) is 2.80. The summed E-state index contributed by atoms with van der Waals surface area (Å²) in [5, 5.41) is 29.5. The van der Waals surface area contributed by atoms with Crippen LogP contribution in [0.3, 0.4) is 0 Å². The summed E-state index contributed by atoms with van der Waals surface area (Å²) in [6, 6.07) is 5.22. The molecule has 1 aromatic carbocycles. The molecule has 0 bridgehead atoms. The number of aliphatic hydroxyl groups excluding tert-OH is 1. The molecule has 2 unspecified atom stereocenters. The molecule has 0 aromatic heterocycles. The topological polar surface area (TPSA) is 81.4 Å². The zero-order valence-electron chi connectivity index (χ0n) is 18.9. The van der Waals surface area contributed by atoms with Crippen molar-refractivity contribution in [3.63, 3.8) is 0 Å². The number of hydrogen-bond acceptors (Lipinski definition) is 4. The summed E-state index contributed by atoms with van der Waals surface area (Å²) in [6.07, 6.45) is 6.37. The van der Waals surface area contributed by atoms with E-state index in [9.17, 15) is 15.0 Å². The Morgan fingerprint density at radius 1 is 1.16 bits per heavy atom. The Kier molecular flexibility index (Phi) is 7.40. The zero-order chi connectivity index (χ0) is 23.5. The van der Waals surface area contributed by atoms with Gasteiger partial charge in [-0.1, -0.05) is 44.4 Å². The highest BCUT2D eigenvalue weighted by atomic mass is 16.3. The van der Waals surface area contributed by atoms with E-state index in [0.717, 1.165) is 16.7 Å². The molecule has 0 saturated heterocycles. The van der Waals surface area contributed by atoms with Gasteiger partial charge in [-0.15, -0.1) is 0 Å². The van der Waals surface area contributed by atoms with Crippen molar-refractivity contribution in [1.29, 1.82) is 5.41 Å². The number of benzene rings is 1. The third-order valence-electron chi connectivity index (χ3n) is 5.82. The van der Waals surface area contributed by atoms with E-state index < -0.39 is 5.92 Å². The number of aliphatic hydroxyl groups is 1. The quantitative estimate of drug-likeness (QED) is 0.266. The second-order valence-electron chi connectivity index (χ2n) is 8.03. The Balaban J connectivity index is 2.95. The first-order valence-corrected chi connectivity index (χ1v) is 10.2. The zero-order valence-corrected chi connectivity index (χ0v) is 18.9. The largest absolute Gasteiger partial charge is 0.508 e. The van der Waals surface area contributed by atoms with E-state index >= 15 is 0 Å². The fraction of sp³-hybridized carbons (Fsp3) is 0.259. The second-order valence-corrected chi connectivity index (χ2v) is 8.03. The molecule has 4 nitrogen and oxygen atoms in total. The van der Waals surface area contributed by atoms with Crippen molar-refractivity contribution in [3.8, 4) is 5.75 Å². The first-order valence-electron chi connectivity index (χ1n) is 10.2. The predicted molar refractivity (Wildman–Crippen MR) is 128 cm³/mol. The summed E-state index contributed by atoms with van der Waals surface area (Å²) in [7, 11) is 0. The number of nitrogens with one attached hydrogen (secondary N) is 1. The van der Waals surface area contributed by atoms with Gasteiger partial charge in [0.25, 0.3) is 0 Å². The van der Waals surface area contributed by atoms with Gasteiger partial charge in [-0.05, 0) is 67.7 Å². The molecule has 2 rings (SSSR count). The van der Waals surface area contributed by atoms with Crippen LogP contribution in [0.2, 0.25) is 0 Å². The lowest BCUT2D eigenvalue weighted by atomic mass is 9.76. The SMILES string of the molecule is C=C/C(C)=C(/C(C)=O)C(C1=C(C)C(C)=CC(=C)C=C1O)c1ccc(C(C)C=N)cc1O. The van der Waals surface area contributed by atoms with E-state index in [1.54, 1.807) is 31.2 Å². The van der Waals surface area contributed by atoms with Crippen LogP contribution in [0.1, 0.15) is 57.6 Å². The molecule has 0 amide bonds. The average molecular weight is 418 g/mol. The number of allylic oxidation sites excluding steroid dienone is 9. The second kappa shape index (κ2) is 9.61. The summed E-state index contributed by atoms with van der Waals surface area (Å²) >= 11 is 0.